The zero-order chi connectivity index (χ0) is 10.5. The highest BCUT2D eigenvalue weighted by atomic mass is 16.4. The molecule has 13 heavy (non-hydrogen) atoms. The minimum Gasteiger partial charge on any atom is -0.411 e. The van der Waals surface area contributed by atoms with Gasteiger partial charge in [-0.2, -0.15) is 0 Å². The van der Waals surface area contributed by atoms with Gasteiger partial charge in [0.15, 0.2) is 0 Å². The van der Waals surface area contributed by atoms with Gasteiger partial charge in [0.05, 0.1) is 16.8 Å². The first-order valence-electron chi connectivity index (χ1n) is 4.47. The van der Waals surface area contributed by atoms with Crippen LogP contribution in [0.15, 0.2) is 10.3 Å². The lowest BCUT2D eigenvalue weighted by molar-refractivity contribution is 0.299. The molecule has 0 amide bonds. The highest BCUT2D eigenvalue weighted by molar-refractivity contribution is 6.09. The van der Waals surface area contributed by atoms with Gasteiger partial charge in [-0.15, -0.1) is 0 Å². The molecule has 76 valence electrons. The number of oxime groups is 2. The third kappa shape index (κ3) is 1.99. The van der Waals surface area contributed by atoms with Crippen molar-refractivity contribution in [2.45, 2.75) is 40.5 Å². The molecule has 0 radical (unpaired) electrons. The number of hydrogen-bond donors (Lipinski definition) is 2. The summed E-state index contributed by atoms with van der Waals surface area (Å²) >= 11 is 0. The van der Waals surface area contributed by atoms with Gasteiger partial charge in [0.25, 0.3) is 0 Å². The minimum atomic E-state index is -0.399. The van der Waals surface area contributed by atoms with E-state index in [-0.39, 0.29) is 0 Å². The first-order valence-corrected chi connectivity index (χ1v) is 4.47. The van der Waals surface area contributed by atoms with Gasteiger partial charge in [-0.25, -0.2) is 0 Å². The molecule has 0 aromatic heterocycles. The van der Waals surface area contributed by atoms with Gasteiger partial charge in [-0.3, -0.25) is 0 Å². The van der Waals surface area contributed by atoms with Gasteiger partial charge in [-0.1, -0.05) is 24.2 Å². The first-order chi connectivity index (χ1) is 6.08. The van der Waals surface area contributed by atoms with Crippen molar-refractivity contribution >= 4 is 11.4 Å². The Morgan fingerprint density at radius 1 is 1.00 bits per heavy atom. The highest BCUT2D eigenvalue weighted by Crippen LogP contribution is 2.30. The fraction of sp³-hybridized carbons (Fsp3) is 0.778. The standard InChI is InChI=1S/C9H18N2O2/c1-5-9(6-2,7(3)10-12)8(4)11-13/h12-13H,5-6H2,1-4H3/b10-7+,11-8+. The molecule has 0 rings (SSSR count). The van der Waals surface area contributed by atoms with Gasteiger partial charge in [0.2, 0.25) is 0 Å². The molecule has 0 heterocycles. The zero-order valence-electron chi connectivity index (χ0n) is 8.70. The summed E-state index contributed by atoms with van der Waals surface area (Å²) in [7, 11) is 0. The van der Waals surface area contributed by atoms with Crippen LogP contribution >= 0.6 is 0 Å². The summed E-state index contributed by atoms with van der Waals surface area (Å²) in [6, 6.07) is 0. The predicted octanol–water partition coefficient (Wildman–Crippen LogP) is 2.49. The van der Waals surface area contributed by atoms with Crippen LogP contribution in [0.25, 0.3) is 0 Å². The maximum atomic E-state index is 8.73. The number of rotatable bonds is 4. The molecule has 0 aromatic rings. The van der Waals surface area contributed by atoms with Crippen LogP contribution in [-0.2, 0) is 0 Å². The van der Waals surface area contributed by atoms with Crippen molar-refractivity contribution in [1.82, 2.24) is 0 Å². The Labute approximate surface area is 78.9 Å². The lowest BCUT2D eigenvalue weighted by Gasteiger charge is -2.29. The summed E-state index contributed by atoms with van der Waals surface area (Å²) in [5.41, 5.74) is 0.782. The van der Waals surface area contributed by atoms with Crippen LogP contribution in [-0.4, -0.2) is 21.8 Å². The molecule has 0 bridgehead atoms. The second kappa shape index (κ2) is 4.84. The van der Waals surface area contributed by atoms with E-state index < -0.39 is 5.41 Å². The SMILES string of the molecule is CCC(CC)(/C(C)=N/O)/C(C)=N/O. The molecule has 2 N–H and O–H groups in total. The van der Waals surface area contributed by atoms with E-state index in [9.17, 15) is 0 Å². The van der Waals surface area contributed by atoms with Gasteiger partial charge >= 0.3 is 0 Å². The quantitative estimate of drug-likeness (QED) is 0.402. The summed E-state index contributed by atoms with van der Waals surface area (Å²) in [4.78, 5) is 0. The zero-order valence-corrected chi connectivity index (χ0v) is 8.70. The molecule has 0 atom stereocenters. The minimum absolute atomic E-state index is 0.399. The molecule has 0 fully saturated rings. The van der Waals surface area contributed by atoms with Crippen molar-refractivity contribution in [3.8, 4) is 0 Å². The van der Waals surface area contributed by atoms with Crippen molar-refractivity contribution in [1.29, 1.82) is 0 Å². The highest BCUT2D eigenvalue weighted by Gasteiger charge is 2.34. The van der Waals surface area contributed by atoms with Crippen LogP contribution in [0.2, 0.25) is 0 Å². The van der Waals surface area contributed by atoms with Crippen molar-refractivity contribution in [3.63, 3.8) is 0 Å². The Morgan fingerprint density at radius 3 is 1.46 bits per heavy atom. The lowest BCUT2D eigenvalue weighted by Crippen LogP contribution is -2.35. The summed E-state index contributed by atoms with van der Waals surface area (Å²) < 4.78 is 0. The molecule has 0 aliphatic rings. The van der Waals surface area contributed by atoms with Crippen molar-refractivity contribution in [3.05, 3.63) is 0 Å². The smallest absolute Gasteiger partial charge is 0.0658 e. The Kier molecular flexibility index (Phi) is 4.45. The molecule has 0 spiro atoms. The van der Waals surface area contributed by atoms with E-state index in [2.05, 4.69) is 10.3 Å². The monoisotopic (exact) mass is 186 g/mol. The Bertz CT molecular complexity index is 198. The molecule has 0 saturated heterocycles. The summed E-state index contributed by atoms with van der Waals surface area (Å²) in [6.45, 7) is 7.43. The van der Waals surface area contributed by atoms with Crippen LogP contribution < -0.4 is 0 Å². The van der Waals surface area contributed by atoms with Crippen LogP contribution in [0.1, 0.15) is 40.5 Å². The molecular formula is C9H18N2O2. The van der Waals surface area contributed by atoms with Gasteiger partial charge in [0.1, 0.15) is 0 Å². The van der Waals surface area contributed by atoms with Crippen LogP contribution in [0.4, 0.5) is 0 Å². The van der Waals surface area contributed by atoms with Crippen molar-refractivity contribution in [2.24, 2.45) is 15.7 Å². The second-order valence-electron chi connectivity index (χ2n) is 3.16. The fourth-order valence-electron chi connectivity index (χ4n) is 1.73. The Hall–Kier alpha value is -1.06. The van der Waals surface area contributed by atoms with Crippen LogP contribution in [0.3, 0.4) is 0 Å². The Morgan fingerprint density at radius 2 is 1.31 bits per heavy atom. The summed E-state index contributed by atoms with van der Waals surface area (Å²) in [5.74, 6) is 0. The number of hydrogen-bond acceptors (Lipinski definition) is 4. The van der Waals surface area contributed by atoms with E-state index in [1.165, 1.54) is 0 Å². The lowest BCUT2D eigenvalue weighted by atomic mass is 9.74. The molecule has 0 unspecified atom stereocenters. The van der Waals surface area contributed by atoms with Crippen LogP contribution in [0, 0.1) is 5.41 Å². The third-order valence-electron chi connectivity index (χ3n) is 2.89. The molecule has 4 heteroatoms. The molecule has 0 aromatic carbocycles. The van der Waals surface area contributed by atoms with E-state index in [0.717, 1.165) is 12.8 Å². The maximum Gasteiger partial charge on any atom is 0.0658 e. The van der Waals surface area contributed by atoms with E-state index in [0.29, 0.717) is 11.4 Å². The van der Waals surface area contributed by atoms with Gasteiger partial charge < -0.3 is 10.4 Å². The number of nitrogens with zero attached hydrogens (tertiary/aromatic N) is 2. The van der Waals surface area contributed by atoms with E-state index in [1.807, 2.05) is 13.8 Å². The maximum absolute atomic E-state index is 8.73. The summed E-state index contributed by atoms with van der Waals surface area (Å²) in [6.07, 6.45) is 1.52. The molecule has 4 nitrogen and oxygen atoms in total. The van der Waals surface area contributed by atoms with Crippen LogP contribution in [0.5, 0.6) is 0 Å². The topological polar surface area (TPSA) is 65.2 Å². The molecular weight excluding hydrogens is 168 g/mol. The molecule has 0 aliphatic carbocycles. The van der Waals surface area contributed by atoms with Gasteiger partial charge in [0, 0.05) is 0 Å². The molecule has 0 aliphatic heterocycles. The average molecular weight is 186 g/mol. The fourth-order valence-corrected chi connectivity index (χ4v) is 1.73. The third-order valence-corrected chi connectivity index (χ3v) is 2.89. The van der Waals surface area contributed by atoms with Crippen molar-refractivity contribution in [2.75, 3.05) is 0 Å². The predicted molar refractivity (Wildman–Crippen MR) is 52.8 cm³/mol. The first kappa shape index (κ1) is 11.9. The van der Waals surface area contributed by atoms with Crippen molar-refractivity contribution < 1.29 is 10.4 Å². The largest absolute Gasteiger partial charge is 0.411 e. The van der Waals surface area contributed by atoms with Gasteiger partial charge in [-0.05, 0) is 26.7 Å². The normalized spacial score (nSPS) is 14.8. The summed E-state index contributed by atoms with van der Waals surface area (Å²) in [5, 5.41) is 23.8. The second-order valence-corrected chi connectivity index (χ2v) is 3.16. The van der Waals surface area contributed by atoms with E-state index in [4.69, 9.17) is 10.4 Å². The Balaban J connectivity index is 5.15. The average Bonchev–Trinajstić information content (AvgIpc) is 2.19. The van der Waals surface area contributed by atoms with E-state index >= 15 is 0 Å². The molecule has 0 saturated carbocycles. The van der Waals surface area contributed by atoms with E-state index in [1.54, 1.807) is 13.8 Å².